The minimum atomic E-state index is -0.201. The van der Waals surface area contributed by atoms with Crippen LogP contribution in [0.5, 0.6) is 0 Å². The Bertz CT molecular complexity index is 372. The Kier molecular flexibility index (Phi) is 3.07. The predicted molar refractivity (Wildman–Crippen MR) is 66.6 cm³/mol. The van der Waals surface area contributed by atoms with E-state index < -0.39 is 0 Å². The number of rotatable bonds is 1. The molecule has 1 aromatic heterocycles. The van der Waals surface area contributed by atoms with E-state index >= 15 is 0 Å². The normalized spacial score (nSPS) is 22.3. The summed E-state index contributed by atoms with van der Waals surface area (Å²) in [6, 6.07) is 2.34. The second-order valence-corrected chi connectivity index (χ2v) is 5.71. The van der Waals surface area contributed by atoms with Gasteiger partial charge in [-0.3, -0.25) is 4.79 Å². The van der Waals surface area contributed by atoms with Crippen LogP contribution in [0.1, 0.15) is 30.3 Å². The van der Waals surface area contributed by atoms with Crippen LogP contribution in [0.25, 0.3) is 0 Å². The van der Waals surface area contributed by atoms with E-state index in [1.165, 1.54) is 10.4 Å². The summed E-state index contributed by atoms with van der Waals surface area (Å²) >= 11 is 6.00. The van der Waals surface area contributed by atoms with Gasteiger partial charge in [0.2, 0.25) is 5.91 Å². The molecule has 15 heavy (non-hydrogen) atoms. The first-order valence-electron chi connectivity index (χ1n) is 5.16. The van der Waals surface area contributed by atoms with Crippen LogP contribution in [0.4, 0.5) is 0 Å². The van der Waals surface area contributed by atoms with Gasteiger partial charge in [0.1, 0.15) is 0 Å². The summed E-state index contributed by atoms with van der Waals surface area (Å²) in [7, 11) is 0. The Hall–Kier alpha value is -0.480. The molecule has 0 spiro atoms. The molecule has 0 bridgehead atoms. The third kappa shape index (κ3) is 1.93. The molecule has 0 fully saturated rings. The van der Waals surface area contributed by atoms with Gasteiger partial charge in [0.05, 0.1) is 11.3 Å². The fourth-order valence-corrected chi connectivity index (χ4v) is 3.16. The summed E-state index contributed by atoms with van der Waals surface area (Å²) in [4.78, 5) is 15.3. The minimum Gasteiger partial charge on any atom is -0.335 e. The standard InChI is InChI=1S/C11H15NOS2/c1-7-9-4-6-15-10(9)3-5-12(7)11(13)8(2)14/h4,6-8,14H,3,5H2,1-2H3. The molecule has 0 radical (unpaired) electrons. The number of amides is 1. The molecular formula is C11H15NOS2. The Morgan fingerprint density at radius 1 is 1.73 bits per heavy atom. The lowest BCUT2D eigenvalue weighted by Gasteiger charge is -2.34. The van der Waals surface area contributed by atoms with Gasteiger partial charge >= 0.3 is 0 Å². The molecule has 0 aromatic carbocycles. The van der Waals surface area contributed by atoms with Crippen molar-refractivity contribution in [2.24, 2.45) is 0 Å². The molecule has 2 nitrogen and oxygen atoms in total. The van der Waals surface area contributed by atoms with Crippen molar-refractivity contribution < 1.29 is 4.79 Å². The van der Waals surface area contributed by atoms with Gasteiger partial charge in [0.25, 0.3) is 0 Å². The van der Waals surface area contributed by atoms with Gasteiger partial charge in [-0.05, 0) is 37.3 Å². The highest BCUT2D eigenvalue weighted by Gasteiger charge is 2.29. The van der Waals surface area contributed by atoms with Crippen LogP contribution in [0, 0.1) is 0 Å². The van der Waals surface area contributed by atoms with E-state index in [1.807, 2.05) is 11.8 Å². The molecule has 4 heteroatoms. The molecule has 1 amide bonds. The number of thiol groups is 1. The fraction of sp³-hybridized carbons (Fsp3) is 0.545. The van der Waals surface area contributed by atoms with E-state index in [4.69, 9.17) is 0 Å². The van der Waals surface area contributed by atoms with Crippen molar-refractivity contribution in [3.05, 3.63) is 21.9 Å². The lowest BCUT2D eigenvalue weighted by atomic mass is 10.0. The topological polar surface area (TPSA) is 20.3 Å². The van der Waals surface area contributed by atoms with Gasteiger partial charge < -0.3 is 4.90 Å². The van der Waals surface area contributed by atoms with Crippen LogP contribution >= 0.6 is 24.0 Å². The number of thiophene rings is 1. The zero-order valence-electron chi connectivity index (χ0n) is 8.93. The number of fused-ring (bicyclic) bond motifs is 1. The predicted octanol–water partition coefficient (Wildman–Crippen LogP) is 2.51. The summed E-state index contributed by atoms with van der Waals surface area (Å²) in [6.45, 7) is 4.76. The van der Waals surface area contributed by atoms with E-state index in [0.29, 0.717) is 0 Å². The van der Waals surface area contributed by atoms with Crippen molar-refractivity contribution in [3.63, 3.8) is 0 Å². The maximum absolute atomic E-state index is 11.9. The van der Waals surface area contributed by atoms with Crippen molar-refractivity contribution in [3.8, 4) is 0 Å². The molecular weight excluding hydrogens is 226 g/mol. The van der Waals surface area contributed by atoms with Gasteiger partial charge in [0.15, 0.2) is 0 Å². The van der Waals surface area contributed by atoms with E-state index in [9.17, 15) is 4.79 Å². The highest BCUT2D eigenvalue weighted by atomic mass is 32.1. The van der Waals surface area contributed by atoms with Crippen molar-refractivity contribution in [2.75, 3.05) is 6.54 Å². The minimum absolute atomic E-state index is 0.141. The Morgan fingerprint density at radius 2 is 2.47 bits per heavy atom. The van der Waals surface area contributed by atoms with Crippen molar-refractivity contribution in [1.29, 1.82) is 0 Å². The highest BCUT2D eigenvalue weighted by molar-refractivity contribution is 7.81. The molecule has 82 valence electrons. The molecule has 2 atom stereocenters. The molecule has 0 saturated heterocycles. The summed E-state index contributed by atoms with van der Waals surface area (Å²) in [6.07, 6.45) is 0.990. The van der Waals surface area contributed by atoms with Crippen LogP contribution in [0.15, 0.2) is 11.4 Å². The van der Waals surface area contributed by atoms with Gasteiger partial charge in [-0.1, -0.05) is 0 Å². The quantitative estimate of drug-likeness (QED) is 0.749. The van der Waals surface area contributed by atoms with Crippen LogP contribution in [0.2, 0.25) is 0 Å². The molecule has 2 unspecified atom stereocenters. The zero-order valence-corrected chi connectivity index (χ0v) is 10.6. The number of hydrogen-bond acceptors (Lipinski definition) is 3. The van der Waals surface area contributed by atoms with Crippen LogP contribution < -0.4 is 0 Å². The van der Waals surface area contributed by atoms with Gasteiger partial charge in [-0.25, -0.2) is 0 Å². The maximum Gasteiger partial charge on any atom is 0.235 e. The monoisotopic (exact) mass is 241 g/mol. The molecule has 0 aliphatic carbocycles. The van der Waals surface area contributed by atoms with Gasteiger partial charge in [0, 0.05) is 11.4 Å². The average Bonchev–Trinajstić information content (AvgIpc) is 2.66. The fourth-order valence-electron chi connectivity index (χ4n) is 2.05. The molecule has 2 rings (SSSR count). The Morgan fingerprint density at radius 3 is 3.13 bits per heavy atom. The van der Waals surface area contributed by atoms with Crippen LogP contribution in [0.3, 0.4) is 0 Å². The first kappa shape index (κ1) is 11.0. The van der Waals surface area contributed by atoms with Crippen molar-refractivity contribution in [2.45, 2.75) is 31.6 Å². The summed E-state index contributed by atoms with van der Waals surface area (Å²) in [5.74, 6) is 0.141. The van der Waals surface area contributed by atoms with Gasteiger partial charge in [-0.2, -0.15) is 12.6 Å². The molecule has 2 heterocycles. The maximum atomic E-state index is 11.9. The SMILES string of the molecule is CC(S)C(=O)N1CCc2sccc2C1C. The molecule has 1 aliphatic rings. The Labute approximate surface area is 99.7 Å². The summed E-state index contributed by atoms with van der Waals surface area (Å²) in [5, 5.41) is 1.91. The largest absolute Gasteiger partial charge is 0.335 e. The first-order chi connectivity index (χ1) is 7.11. The molecule has 1 aromatic rings. The third-order valence-corrected chi connectivity index (χ3v) is 4.14. The molecule has 0 saturated carbocycles. The smallest absolute Gasteiger partial charge is 0.235 e. The van der Waals surface area contributed by atoms with Gasteiger partial charge in [-0.15, -0.1) is 11.3 Å². The van der Waals surface area contributed by atoms with E-state index in [-0.39, 0.29) is 17.2 Å². The van der Waals surface area contributed by atoms with E-state index in [1.54, 1.807) is 11.3 Å². The molecule has 1 aliphatic heterocycles. The summed E-state index contributed by atoms with van der Waals surface area (Å²) in [5.41, 5.74) is 1.31. The second-order valence-electron chi connectivity index (χ2n) is 3.93. The average molecular weight is 241 g/mol. The first-order valence-corrected chi connectivity index (χ1v) is 6.55. The Balaban J connectivity index is 2.23. The zero-order chi connectivity index (χ0) is 11.0. The van der Waals surface area contributed by atoms with E-state index in [2.05, 4.69) is 31.0 Å². The lowest BCUT2D eigenvalue weighted by molar-refractivity contribution is -0.132. The molecule has 0 N–H and O–H groups in total. The third-order valence-electron chi connectivity index (χ3n) is 2.92. The van der Waals surface area contributed by atoms with E-state index in [0.717, 1.165) is 13.0 Å². The second kappa shape index (κ2) is 4.18. The van der Waals surface area contributed by atoms with Crippen molar-refractivity contribution >= 4 is 29.9 Å². The van der Waals surface area contributed by atoms with Crippen molar-refractivity contribution in [1.82, 2.24) is 4.90 Å². The lowest BCUT2D eigenvalue weighted by Crippen LogP contribution is -2.41. The highest BCUT2D eigenvalue weighted by Crippen LogP contribution is 2.33. The number of carbonyl (C=O) groups is 1. The van der Waals surface area contributed by atoms with Crippen LogP contribution in [-0.2, 0) is 11.2 Å². The number of carbonyl (C=O) groups excluding carboxylic acids is 1. The summed E-state index contributed by atoms with van der Waals surface area (Å²) < 4.78 is 0. The van der Waals surface area contributed by atoms with Crippen LogP contribution in [-0.4, -0.2) is 22.6 Å². The number of hydrogen-bond donors (Lipinski definition) is 1. The number of nitrogens with zero attached hydrogens (tertiary/aromatic N) is 1.